The standard InChI is InChI=1S/C31H33N2O7P/c1-36-26-12-8-24(9-13-26)31(23-6-4-3-5-7-23,25-10-14-27(37-2)15-11-25)38-20-22-18-28(19-29(22)40-41(34)35)39-30-16-17-32-21-33-30/h3-17,21-22,28-29,41H,18-20H2,1-2H3,(H,34,35)/t22-,28-,29-/m1/s1. The lowest BCUT2D eigenvalue weighted by molar-refractivity contribution is -0.0260. The van der Waals surface area contributed by atoms with E-state index in [0.717, 1.165) is 28.2 Å². The maximum atomic E-state index is 11.8. The minimum atomic E-state index is -3.18. The number of aromatic nitrogens is 2. The van der Waals surface area contributed by atoms with Gasteiger partial charge in [0.1, 0.15) is 29.5 Å². The molecule has 0 spiro atoms. The van der Waals surface area contributed by atoms with Crippen molar-refractivity contribution in [3.05, 3.63) is 114 Å². The second-order valence-electron chi connectivity index (χ2n) is 9.76. The van der Waals surface area contributed by atoms with E-state index in [4.69, 9.17) is 23.5 Å². The van der Waals surface area contributed by atoms with Crippen LogP contribution in [0.5, 0.6) is 17.4 Å². The Hall–Kier alpha value is -3.75. The summed E-state index contributed by atoms with van der Waals surface area (Å²) in [6.45, 7) is 0.233. The van der Waals surface area contributed by atoms with Crippen LogP contribution in [0.15, 0.2) is 97.5 Å². The average Bonchev–Trinajstić information content (AvgIpc) is 3.38. The molecule has 4 aromatic rings. The van der Waals surface area contributed by atoms with Crippen LogP contribution in [0.3, 0.4) is 0 Å². The van der Waals surface area contributed by atoms with Crippen molar-refractivity contribution >= 4 is 8.25 Å². The number of ether oxygens (including phenoxy) is 4. The van der Waals surface area contributed by atoms with Gasteiger partial charge >= 0.3 is 8.25 Å². The molecule has 3 aromatic carbocycles. The number of nitrogens with zero attached hydrogens (tertiary/aromatic N) is 2. The van der Waals surface area contributed by atoms with Gasteiger partial charge in [-0.15, -0.1) is 0 Å². The zero-order chi connectivity index (χ0) is 28.7. The lowest BCUT2D eigenvalue weighted by Crippen LogP contribution is -2.36. The summed E-state index contributed by atoms with van der Waals surface area (Å²) in [6.07, 6.45) is 3.22. The summed E-state index contributed by atoms with van der Waals surface area (Å²) in [7, 11) is 0.0799. The molecule has 1 N–H and O–H groups in total. The van der Waals surface area contributed by atoms with E-state index < -0.39 is 20.0 Å². The topological polar surface area (TPSA) is 109 Å². The lowest BCUT2D eigenvalue weighted by Gasteiger charge is -2.37. The van der Waals surface area contributed by atoms with E-state index in [1.807, 2.05) is 78.9 Å². The number of methoxy groups -OCH3 is 2. The first-order valence-corrected chi connectivity index (χ1v) is 14.6. The monoisotopic (exact) mass is 576 g/mol. The van der Waals surface area contributed by atoms with Crippen LogP contribution < -0.4 is 14.2 Å². The molecule has 1 unspecified atom stereocenters. The lowest BCUT2D eigenvalue weighted by atomic mass is 9.80. The van der Waals surface area contributed by atoms with Crippen molar-refractivity contribution in [2.75, 3.05) is 20.8 Å². The van der Waals surface area contributed by atoms with Crippen molar-refractivity contribution in [3.63, 3.8) is 0 Å². The van der Waals surface area contributed by atoms with E-state index in [2.05, 4.69) is 9.97 Å². The summed E-state index contributed by atoms with van der Waals surface area (Å²) in [6, 6.07) is 27.3. The fraction of sp³-hybridized carbons (Fsp3) is 0.290. The highest BCUT2D eigenvalue weighted by atomic mass is 31.1. The predicted molar refractivity (Wildman–Crippen MR) is 154 cm³/mol. The highest BCUT2D eigenvalue weighted by Gasteiger charge is 2.43. The predicted octanol–water partition coefficient (Wildman–Crippen LogP) is 5.43. The van der Waals surface area contributed by atoms with Crippen LogP contribution in [-0.2, 0) is 19.4 Å². The van der Waals surface area contributed by atoms with Gasteiger partial charge in [0.2, 0.25) is 5.88 Å². The maximum absolute atomic E-state index is 11.8. The minimum Gasteiger partial charge on any atom is -0.497 e. The number of benzene rings is 3. The normalized spacial score (nSPS) is 19.4. The van der Waals surface area contributed by atoms with Gasteiger partial charge in [-0.2, -0.15) is 0 Å². The maximum Gasteiger partial charge on any atom is 0.316 e. The van der Waals surface area contributed by atoms with Gasteiger partial charge in [-0.3, -0.25) is 4.57 Å². The number of hydrogen-bond acceptors (Lipinski definition) is 8. The Bertz CT molecular complexity index is 1360. The summed E-state index contributed by atoms with van der Waals surface area (Å²) in [4.78, 5) is 17.8. The fourth-order valence-electron chi connectivity index (χ4n) is 5.41. The second-order valence-corrected chi connectivity index (χ2v) is 10.5. The molecule has 10 heteroatoms. The quantitative estimate of drug-likeness (QED) is 0.174. The zero-order valence-corrected chi connectivity index (χ0v) is 23.9. The van der Waals surface area contributed by atoms with E-state index in [9.17, 15) is 9.46 Å². The van der Waals surface area contributed by atoms with E-state index in [1.54, 1.807) is 26.5 Å². The van der Waals surface area contributed by atoms with E-state index in [-0.39, 0.29) is 18.6 Å². The summed E-state index contributed by atoms with van der Waals surface area (Å²) in [5.41, 5.74) is 1.71. The third kappa shape index (κ3) is 6.60. The first-order valence-electron chi connectivity index (χ1n) is 13.3. The molecule has 5 rings (SSSR count). The van der Waals surface area contributed by atoms with Crippen molar-refractivity contribution in [1.29, 1.82) is 0 Å². The number of hydrogen-bond donors (Lipinski definition) is 1. The summed E-state index contributed by atoms with van der Waals surface area (Å²) in [5, 5.41) is 0. The van der Waals surface area contributed by atoms with E-state index in [1.165, 1.54) is 6.33 Å². The first-order chi connectivity index (χ1) is 20.0. The highest BCUT2D eigenvalue weighted by molar-refractivity contribution is 7.32. The van der Waals surface area contributed by atoms with Gasteiger partial charge in [-0.1, -0.05) is 54.6 Å². The molecule has 1 aromatic heterocycles. The summed E-state index contributed by atoms with van der Waals surface area (Å²) < 4.78 is 41.2. The van der Waals surface area contributed by atoms with Crippen molar-refractivity contribution in [2.24, 2.45) is 5.92 Å². The van der Waals surface area contributed by atoms with Gasteiger partial charge in [0.25, 0.3) is 0 Å². The van der Waals surface area contributed by atoms with Gasteiger partial charge in [-0.05, 0) is 47.4 Å². The molecular formula is C31H33N2O7P. The van der Waals surface area contributed by atoms with Crippen molar-refractivity contribution in [2.45, 2.75) is 30.7 Å². The van der Waals surface area contributed by atoms with Crippen LogP contribution in [0.4, 0.5) is 0 Å². The highest BCUT2D eigenvalue weighted by Crippen LogP contribution is 2.44. The first kappa shape index (κ1) is 28.8. The molecule has 0 bridgehead atoms. The Morgan fingerprint density at radius 2 is 1.46 bits per heavy atom. The molecule has 0 saturated heterocycles. The molecule has 214 valence electrons. The third-order valence-corrected chi connectivity index (χ3v) is 7.87. The van der Waals surface area contributed by atoms with Gasteiger partial charge in [0.15, 0.2) is 0 Å². The van der Waals surface area contributed by atoms with Crippen LogP contribution in [0.25, 0.3) is 0 Å². The molecule has 1 saturated carbocycles. The van der Waals surface area contributed by atoms with Crippen molar-refractivity contribution in [3.8, 4) is 17.4 Å². The third-order valence-electron chi connectivity index (χ3n) is 7.37. The molecule has 41 heavy (non-hydrogen) atoms. The van der Waals surface area contributed by atoms with Crippen LogP contribution in [0.1, 0.15) is 29.5 Å². The molecule has 9 nitrogen and oxygen atoms in total. The SMILES string of the molecule is COc1ccc(C(OC[C@H]2C[C@@H](Oc3ccncn3)C[C@H]2O[PH](=O)O)(c2ccccc2)c2ccc(OC)cc2)cc1. The van der Waals surface area contributed by atoms with Gasteiger partial charge in [-0.25, -0.2) is 9.97 Å². The average molecular weight is 577 g/mol. The molecule has 1 aliphatic rings. The van der Waals surface area contributed by atoms with Crippen LogP contribution in [-0.4, -0.2) is 47.9 Å². The zero-order valence-electron chi connectivity index (χ0n) is 22.9. The fourth-order valence-corrected chi connectivity index (χ4v) is 5.96. The molecule has 0 aliphatic heterocycles. The van der Waals surface area contributed by atoms with Gasteiger partial charge < -0.3 is 28.4 Å². The molecule has 1 heterocycles. The Kier molecular flexibility index (Phi) is 9.31. The largest absolute Gasteiger partial charge is 0.497 e. The smallest absolute Gasteiger partial charge is 0.316 e. The summed E-state index contributed by atoms with van der Waals surface area (Å²) >= 11 is 0. The van der Waals surface area contributed by atoms with Crippen molar-refractivity contribution in [1.82, 2.24) is 9.97 Å². The van der Waals surface area contributed by atoms with Crippen LogP contribution >= 0.6 is 8.25 Å². The van der Waals surface area contributed by atoms with Crippen LogP contribution in [0.2, 0.25) is 0 Å². The molecule has 4 atom stereocenters. The Labute approximate surface area is 240 Å². The minimum absolute atomic E-state index is 0.220. The molecule has 1 aliphatic carbocycles. The molecule has 1 fully saturated rings. The number of rotatable bonds is 12. The van der Waals surface area contributed by atoms with E-state index >= 15 is 0 Å². The second kappa shape index (κ2) is 13.3. The molecule has 0 radical (unpaired) electrons. The van der Waals surface area contributed by atoms with Crippen molar-refractivity contribution < 1.29 is 32.9 Å². The van der Waals surface area contributed by atoms with Gasteiger partial charge in [0.05, 0.1) is 26.9 Å². The summed E-state index contributed by atoms with van der Waals surface area (Å²) in [5.74, 6) is 1.68. The molecule has 0 amide bonds. The Balaban J connectivity index is 1.52. The Morgan fingerprint density at radius 1 is 0.854 bits per heavy atom. The Morgan fingerprint density at radius 3 is 2.00 bits per heavy atom. The molecular weight excluding hydrogens is 543 g/mol. The van der Waals surface area contributed by atoms with Gasteiger partial charge in [0, 0.05) is 24.6 Å². The van der Waals surface area contributed by atoms with Crippen LogP contribution in [0, 0.1) is 5.92 Å². The van der Waals surface area contributed by atoms with E-state index in [0.29, 0.717) is 18.7 Å².